The number of nitrogens with two attached hydrogens (primary N) is 1. The second-order valence-electron chi connectivity index (χ2n) is 4.76. The van der Waals surface area contributed by atoms with Gasteiger partial charge in [-0.05, 0) is 24.6 Å². The maximum atomic E-state index is 11.4. The molecule has 0 saturated heterocycles. The molecule has 1 aliphatic rings. The zero-order valence-electron chi connectivity index (χ0n) is 12.2. The van der Waals surface area contributed by atoms with Crippen LogP contribution in [0.3, 0.4) is 0 Å². The first-order valence-corrected chi connectivity index (χ1v) is 7.92. The number of ether oxygens (including phenoxy) is 2. The summed E-state index contributed by atoms with van der Waals surface area (Å²) in [4.78, 5) is 17.0. The molecule has 0 radical (unpaired) electrons. The van der Waals surface area contributed by atoms with Crippen molar-refractivity contribution in [1.29, 1.82) is 0 Å². The number of hydrogen-bond acceptors (Lipinski definition) is 6. The molecular weight excluding hydrogens is 302 g/mol. The lowest BCUT2D eigenvalue weighted by molar-refractivity contribution is -0.114. The third-order valence-corrected chi connectivity index (χ3v) is 4.38. The molecule has 0 fully saturated rings. The van der Waals surface area contributed by atoms with Gasteiger partial charge in [0, 0.05) is 10.4 Å². The largest absolute Gasteiger partial charge is 0.486 e. The number of benzene rings is 1. The van der Waals surface area contributed by atoms with Crippen LogP contribution in [0, 0.1) is 0 Å². The fourth-order valence-corrected chi connectivity index (χ4v) is 3.17. The van der Waals surface area contributed by atoms with Gasteiger partial charge in [0.05, 0.1) is 12.2 Å². The van der Waals surface area contributed by atoms with Gasteiger partial charge in [0.1, 0.15) is 13.2 Å². The zero-order chi connectivity index (χ0) is 15.5. The minimum Gasteiger partial charge on any atom is -0.486 e. The van der Waals surface area contributed by atoms with Crippen LogP contribution in [0.4, 0.5) is 5.13 Å². The number of thiazole rings is 1. The first-order valence-electron chi connectivity index (χ1n) is 7.11. The summed E-state index contributed by atoms with van der Waals surface area (Å²) in [5.74, 6) is 1.23. The second-order valence-corrected chi connectivity index (χ2v) is 5.84. The van der Waals surface area contributed by atoms with E-state index in [1.165, 1.54) is 11.3 Å². The molecule has 3 N–H and O–H groups in total. The van der Waals surface area contributed by atoms with Gasteiger partial charge < -0.3 is 20.5 Å². The van der Waals surface area contributed by atoms with Crippen LogP contribution in [-0.2, 0) is 11.2 Å². The van der Waals surface area contributed by atoms with Crippen LogP contribution >= 0.6 is 11.3 Å². The van der Waals surface area contributed by atoms with E-state index < -0.39 is 0 Å². The summed E-state index contributed by atoms with van der Waals surface area (Å²) in [6.45, 7) is 3.12. The molecule has 7 heteroatoms. The van der Waals surface area contributed by atoms with Crippen LogP contribution in [0.25, 0.3) is 11.3 Å². The molecule has 2 aromatic rings. The van der Waals surface area contributed by atoms with Crippen LogP contribution in [0.15, 0.2) is 18.2 Å². The fraction of sp³-hybridized carbons (Fsp3) is 0.333. The Balaban J connectivity index is 1.95. The Kier molecular flexibility index (Phi) is 4.26. The summed E-state index contributed by atoms with van der Waals surface area (Å²) in [6.07, 6.45) is 0.833. The third kappa shape index (κ3) is 2.90. The average molecular weight is 319 g/mol. The van der Waals surface area contributed by atoms with Gasteiger partial charge in [-0.2, -0.15) is 0 Å². The Hall–Kier alpha value is -2.12. The lowest BCUT2D eigenvalue weighted by Crippen LogP contribution is -2.21. The highest BCUT2D eigenvalue weighted by Crippen LogP contribution is 2.37. The quantitative estimate of drug-likeness (QED) is 0.900. The number of carbonyl (C=O) groups is 1. The van der Waals surface area contributed by atoms with E-state index in [0.717, 1.165) is 34.1 Å². The molecule has 3 rings (SSSR count). The van der Waals surface area contributed by atoms with Gasteiger partial charge in [-0.25, -0.2) is 4.98 Å². The van der Waals surface area contributed by atoms with Crippen LogP contribution in [0.5, 0.6) is 11.5 Å². The van der Waals surface area contributed by atoms with Crippen LogP contribution in [-0.4, -0.2) is 30.6 Å². The van der Waals surface area contributed by atoms with Crippen molar-refractivity contribution in [3.05, 3.63) is 23.1 Å². The number of hydrogen-bond donors (Lipinski definition) is 2. The number of amides is 1. The minimum absolute atomic E-state index is 0.0552. The fourth-order valence-electron chi connectivity index (χ4n) is 2.23. The average Bonchev–Trinajstić information content (AvgIpc) is 2.97. The summed E-state index contributed by atoms with van der Waals surface area (Å²) < 4.78 is 11.1. The molecule has 0 saturated carbocycles. The molecule has 1 amide bonds. The Labute approximate surface area is 132 Å². The standard InChI is InChI=1S/C15H17N3O3S/c1-2-12-14(18-15(22-12)17-13(19)8-16)9-3-4-10-11(7-9)21-6-5-20-10/h3-4,7H,2,5-6,8,16H2,1H3,(H,17,18,19). The second kappa shape index (κ2) is 6.33. The summed E-state index contributed by atoms with van der Waals surface area (Å²) >= 11 is 1.46. The van der Waals surface area contributed by atoms with E-state index >= 15 is 0 Å². The lowest BCUT2D eigenvalue weighted by Gasteiger charge is -2.18. The van der Waals surface area contributed by atoms with E-state index in [2.05, 4.69) is 17.2 Å². The third-order valence-electron chi connectivity index (χ3n) is 3.27. The first kappa shape index (κ1) is 14.8. The van der Waals surface area contributed by atoms with E-state index in [1.807, 2.05) is 18.2 Å². The Bertz CT molecular complexity index is 699. The van der Waals surface area contributed by atoms with Crippen molar-refractivity contribution >= 4 is 22.4 Å². The van der Waals surface area contributed by atoms with E-state index in [4.69, 9.17) is 15.2 Å². The molecule has 0 atom stereocenters. The van der Waals surface area contributed by atoms with Gasteiger partial charge in [0.15, 0.2) is 16.6 Å². The molecule has 22 heavy (non-hydrogen) atoms. The Morgan fingerprint density at radius 2 is 2.14 bits per heavy atom. The number of anilines is 1. The van der Waals surface area contributed by atoms with Gasteiger partial charge in [-0.15, -0.1) is 11.3 Å². The molecule has 2 heterocycles. The smallest absolute Gasteiger partial charge is 0.239 e. The van der Waals surface area contributed by atoms with E-state index in [-0.39, 0.29) is 12.5 Å². The molecule has 0 spiro atoms. The predicted molar refractivity (Wildman–Crippen MR) is 85.6 cm³/mol. The van der Waals surface area contributed by atoms with Crippen LogP contribution < -0.4 is 20.5 Å². The number of aromatic nitrogens is 1. The highest BCUT2D eigenvalue weighted by Gasteiger charge is 2.17. The molecule has 0 bridgehead atoms. The van der Waals surface area contributed by atoms with E-state index in [0.29, 0.717) is 18.3 Å². The lowest BCUT2D eigenvalue weighted by atomic mass is 10.1. The number of fused-ring (bicyclic) bond motifs is 1. The number of nitrogens with one attached hydrogen (secondary N) is 1. The maximum absolute atomic E-state index is 11.4. The van der Waals surface area contributed by atoms with Gasteiger partial charge in [-0.1, -0.05) is 6.92 Å². The number of aryl methyl sites for hydroxylation is 1. The number of carbonyl (C=O) groups excluding carboxylic acids is 1. The van der Waals surface area contributed by atoms with Crippen LogP contribution in [0.2, 0.25) is 0 Å². The van der Waals surface area contributed by atoms with Crippen molar-refractivity contribution in [2.45, 2.75) is 13.3 Å². The summed E-state index contributed by atoms with van der Waals surface area (Å²) in [7, 11) is 0. The summed E-state index contributed by atoms with van der Waals surface area (Å²) in [5, 5.41) is 3.27. The van der Waals surface area contributed by atoms with Gasteiger partial charge in [0.25, 0.3) is 0 Å². The summed E-state index contributed by atoms with van der Waals surface area (Å²) in [6, 6.07) is 5.77. The highest BCUT2D eigenvalue weighted by molar-refractivity contribution is 7.16. The molecule has 1 aromatic carbocycles. The normalized spacial score (nSPS) is 13.0. The Morgan fingerprint density at radius 3 is 2.86 bits per heavy atom. The SMILES string of the molecule is CCc1sc(NC(=O)CN)nc1-c1ccc2c(c1)OCCO2. The topological polar surface area (TPSA) is 86.5 Å². The number of nitrogens with zero attached hydrogens (tertiary/aromatic N) is 1. The monoisotopic (exact) mass is 319 g/mol. The minimum atomic E-state index is -0.245. The van der Waals surface area contributed by atoms with E-state index in [9.17, 15) is 4.79 Å². The predicted octanol–water partition coefficient (Wildman–Crippen LogP) is 2.04. The molecule has 6 nitrogen and oxygen atoms in total. The van der Waals surface area contributed by atoms with Gasteiger partial charge in [-0.3, -0.25) is 4.79 Å². The molecule has 116 valence electrons. The Morgan fingerprint density at radius 1 is 1.36 bits per heavy atom. The highest BCUT2D eigenvalue weighted by atomic mass is 32.1. The van der Waals surface area contributed by atoms with Crippen molar-refractivity contribution in [1.82, 2.24) is 4.98 Å². The van der Waals surface area contributed by atoms with Gasteiger partial charge >= 0.3 is 0 Å². The van der Waals surface area contributed by atoms with Crippen molar-refractivity contribution < 1.29 is 14.3 Å². The van der Waals surface area contributed by atoms with Gasteiger partial charge in [0.2, 0.25) is 5.91 Å². The maximum Gasteiger partial charge on any atom is 0.239 e. The van der Waals surface area contributed by atoms with Crippen LogP contribution in [0.1, 0.15) is 11.8 Å². The molecule has 0 unspecified atom stereocenters. The van der Waals surface area contributed by atoms with Crippen molar-refractivity contribution in [3.63, 3.8) is 0 Å². The van der Waals surface area contributed by atoms with Crippen molar-refractivity contribution in [2.75, 3.05) is 25.1 Å². The first-order chi connectivity index (χ1) is 10.7. The number of rotatable bonds is 4. The molecule has 1 aromatic heterocycles. The zero-order valence-corrected chi connectivity index (χ0v) is 13.0. The van der Waals surface area contributed by atoms with E-state index in [1.54, 1.807) is 0 Å². The molecular formula is C15H17N3O3S. The molecule has 0 aliphatic carbocycles. The summed E-state index contributed by atoms with van der Waals surface area (Å²) in [5.41, 5.74) is 7.13. The van der Waals surface area contributed by atoms with Crippen molar-refractivity contribution in [2.24, 2.45) is 5.73 Å². The molecule has 1 aliphatic heterocycles. The van der Waals surface area contributed by atoms with Crippen molar-refractivity contribution in [3.8, 4) is 22.8 Å².